The molecule has 0 saturated heterocycles. The number of carboxylic acid groups (broad SMARTS) is 1. The van der Waals surface area contributed by atoms with Gasteiger partial charge in [-0.1, -0.05) is 38.7 Å². The van der Waals surface area contributed by atoms with Gasteiger partial charge in [0.1, 0.15) is 12.6 Å². The number of hydrogen-bond donors (Lipinski definition) is 1. The number of unbranched alkanes of at least 4 members (excludes halogenated alkanes) is 5. The van der Waals surface area contributed by atoms with Crippen LogP contribution in [0.5, 0.6) is 0 Å². The molecule has 2 unspecified atom stereocenters. The van der Waals surface area contributed by atoms with E-state index < -0.39 is 23.8 Å². The molecule has 0 bridgehead atoms. The third kappa shape index (κ3) is 9.68. The van der Waals surface area contributed by atoms with Crippen molar-refractivity contribution >= 4 is 11.8 Å². The summed E-state index contributed by atoms with van der Waals surface area (Å²) in [4.78, 5) is 23.1. The average Bonchev–Trinajstić information content (AvgIpc) is 2.35. The molecule has 0 aliphatic carbocycles. The third-order valence-electron chi connectivity index (χ3n) is 3.44. The minimum atomic E-state index is -1.52. The van der Waals surface area contributed by atoms with Gasteiger partial charge >= 0.3 is 0 Å². The second-order valence-electron chi connectivity index (χ2n) is 6.84. The van der Waals surface area contributed by atoms with E-state index in [9.17, 15) is 19.8 Å². The van der Waals surface area contributed by atoms with Crippen molar-refractivity contribution in [3.63, 3.8) is 0 Å². The lowest BCUT2D eigenvalue weighted by Crippen LogP contribution is -2.50. The number of aliphatic hydroxyl groups is 1. The summed E-state index contributed by atoms with van der Waals surface area (Å²) in [6.07, 6.45) is 8.16. The number of carbonyl (C=O) groups excluding carboxylic acids is 2. The molecule has 128 valence electrons. The Balaban J connectivity index is 4.39. The summed E-state index contributed by atoms with van der Waals surface area (Å²) in [6.45, 7) is 2.33. The standard InChI is InChI=1S/C17H31NO4/c1-5-6-7-8-9-10-11-12-14(19)16(17(21)22)15(20)13-18(2,3)4/h11-12,15-16,20H,5-10,13H2,1-4H3/b12-11-. The largest absolute Gasteiger partial charge is 0.549 e. The molecule has 5 nitrogen and oxygen atoms in total. The molecule has 2 atom stereocenters. The van der Waals surface area contributed by atoms with E-state index in [-0.39, 0.29) is 6.54 Å². The Bertz CT molecular complexity index is 371. The number of aliphatic carboxylic acids is 1. The highest BCUT2D eigenvalue weighted by Gasteiger charge is 2.30. The van der Waals surface area contributed by atoms with Gasteiger partial charge in [-0.25, -0.2) is 0 Å². The number of aliphatic hydroxyl groups excluding tert-OH is 1. The van der Waals surface area contributed by atoms with E-state index in [1.165, 1.54) is 25.3 Å². The van der Waals surface area contributed by atoms with Crippen LogP contribution in [-0.2, 0) is 9.59 Å². The van der Waals surface area contributed by atoms with Gasteiger partial charge < -0.3 is 19.5 Å². The molecule has 0 radical (unpaired) electrons. The Morgan fingerprint density at radius 2 is 1.73 bits per heavy atom. The van der Waals surface area contributed by atoms with Gasteiger partial charge in [0.15, 0.2) is 5.78 Å². The van der Waals surface area contributed by atoms with E-state index in [4.69, 9.17) is 0 Å². The van der Waals surface area contributed by atoms with Crippen LogP contribution in [0.3, 0.4) is 0 Å². The van der Waals surface area contributed by atoms with Gasteiger partial charge in [0, 0.05) is 0 Å². The van der Waals surface area contributed by atoms with Gasteiger partial charge in [0.05, 0.1) is 33.0 Å². The predicted molar refractivity (Wildman–Crippen MR) is 84.9 cm³/mol. The fourth-order valence-corrected chi connectivity index (χ4v) is 2.30. The zero-order chi connectivity index (χ0) is 17.2. The number of carbonyl (C=O) groups is 2. The molecule has 0 rings (SSSR count). The summed E-state index contributed by atoms with van der Waals surface area (Å²) in [5.41, 5.74) is 0. The summed E-state index contributed by atoms with van der Waals surface area (Å²) < 4.78 is 0.374. The molecule has 0 amide bonds. The summed E-state index contributed by atoms with van der Waals surface area (Å²) in [6, 6.07) is 0. The van der Waals surface area contributed by atoms with Gasteiger partial charge in [0.25, 0.3) is 0 Å². The minimum absolute atomic E-state index is 0.176. The van der Waals surface area contributed by atoms with E-state index in [1.54, 1.807) is 6.08 Å². The molecule has 0 fully saturated rings. The number of carboxylic acids is 1. The van der Waals surface area contributed by atoms with E-state index in [2.05, 4.69) is 6.92 Å². The molecule has 0 spiro atoms. The molecular formula is C17H31NO4. The van der Waals surface area contributed by atoms with Crippen LogP contribution in [0.15, 0.2) is 12.2 Å². The van der Waals surface area contributed by atoms with Crippen molar-refractivity contribution in [3.05, 3.63) is 12.2 Å². The Labute approximate surface area is 134 Å². The first-order valence-electron chi connectivity index (χ1n) is 8.08. The highest BCUT2D eigenvalue weighted by molar-refractivity contribution is 6.04. The van der Waals surface area contributed by atoms with Crippen LogP contribution >= 0.6 is 0 Å². The molecule has 22 heavy (non-hydrogen) atoms. The zero-order valence-corrected chi connectivity index (χ0v) is 14.4. The monoisotopic (exact) mass is 313 g/mol. The zero-order valence-electron chi connectivity index (χ0n) is 14.4. The predicted octanol–water partition coefficient (Wildman–Crippen LogP) is 0.905. The smallest absolute Gasteiger partial charge is 0.166 e. The maximum Gasteiger partial charge on any atom is 0.166 e. The van der Waals surface area contributed by atoms with Gasteiger partial charge in [-0.3, -0.25) is 4.79 Å². The lowest BCUT2D eigenvalue weighted by atomic mass is 9.96. The molecule has 0 saturated carbocycles. The van der Waals surface area contributed by atoms with Crippen LogP contribution in [0.25, 0.3) is 0 Å². The fourth-order valence-electron chi connectivity index (χ4n) is 2.30. The number of rotatable bonds is 12. The average molecular weight is 313 g/mol. The van der Waals surface area contributed by atoms with E-state index in [1.807, 2.05) is 21.1 Å². The third-order valence-corrected chi connectivity index (χ3v) is 3.44. The van der Waals surface area contributed by atoms with Gasteiger partial charge in [0.2, 0.25) is 0 Å². The van der Waals surface area contributed by atoms with Crippen LogP contribution in [0.4, 0.5) is 0 Å². The number of allylic oxidation sites excluding steroid dienone is 2. The first-order chi connectivity index (χ1) is 10.2. The number of hydrogen-bond acceptors (Lipinski definition) is 4. The molecule has 0 aromatic carbocycles. The molecule has 1 N–H and O–H groups in total. The molecule has 5 heteroatoms. The fraction of sp³-hybridized carbons (Fsp3) is 0.765. The highest BCUT2D eigenvalue weighted by atomic mass is 16.4. The summed E-state index contributed by atoms with van der Waals surface area (Å²) in [5, 5.41) is 21.1. The van der Waals surface area contributed by atoms with Crippen molar-refractivity contribution in [1.82, 2.24) is 0 Å². The quantitative estimate of drug-likeness (QED) is 0.251. The number of quaternary nitrogens is 1. The van der Waals surface area contributed by atoms with E-state index in [0.29, 0.717) is 4.48 Å². The molecule has 0 aliphatic rings. The SMILES string of the molecule is CCCCCCC/C=C\C(=O)C(C(=O)[O-])C(O)C[N+](C)(C)C. The Kier molecular flexibility index (Phi) is 9.94. The Morgan fingerprint density at radius 1 is 1.14 bits per heavy atom. The molecule has 0 aliphatic heterocycles. The first kappa shape index (κ1) is 20.8. The topological polar surface area (TPSA) is 77.4 Å². The summed E-state index contributed by atoms with van der Waals surface area (Å²) in [5.74, 6) is -3.60. The second kappa shape index (κ2) is 10.5. The van der Waals surface area contributed by atoms with Crippen LogP contribution in [0.1, 0.15) is 45.4 Å². The maximum atomic E-state index is 12.0. The Morgan fingerprint density at radius 3 is 2.23 bits per heavy atom. The molecule has 0 aromatic rings. The summed E-state index contributed by atoms with van der Waals surface area (Å²) >= 11 is 0. The van der Waals surface area contributed by atoms with Crippen molar-refractivity contribution < 1.29 is 24.3 Å². The van der Waals surface area contributed by atoms with Crippen molar-refractivity contribution in [2.75, 3.05) is 27.7 Å². The van der Waals surface area contributed by atoms with Crippen LogP contribution in [-0.4, -0.2) is 55.1 Å². The number of nitrogens with zero attached hydrogens (tertiary/aromatic N) is 1. The summed E-state index contributed by atoms with van der Waals surface area (Å²) in [7, 11) is 5.48. The van der Waals surface area contributed by atoms with Crippen LogP contribution in [0, 0.1) is 5.92 Å². The number of likely N-dealkylation sites (N-methyl/N-ethyl adjacent to an activating group) is 1. The van der Waals surface area contributed by atoms with Gasteiger partial charge in [-0.2, -0.15) is 0 Å². The molecular weight excluding hydrogens is 282 g/mol. The molecule has 0 aromatic heterocycles. The second-order valence-corrected chi connectivity index (χ2v) is 6.84. The maximum absolute atomic E-state index is 12.0. The van der Waals surface area contributed by atoms with E-state index >= 15 is 0 Å². The number of ketones is 1. The van der Waals surface area contributed by atoms with Crippen molar-refractivity contribution in [2.45, 2.75) is 51.6 Å². The van der Waals surface area contributed by atoms with Crippen LogP contribution in [0.2, 0.25) is 0 Å². The van der Waals surface area contributed by atoms with Crippen LogP contribution < -0.4 is 5.11 Å². The first-order valence-corrected chi connectivity index (χ1v) is 8.08. The van der Waals surface area contributed by atoms with Crippen molar-refractivity contribution in [2.24, 2.45) is 5.92 Å². The van der Waals surface area contributed by atoms with Gasteiger partial charge in [-0.05, 0) is 18.9 Å². The lowest BCUT2D eigenvalue weighted by molar-refractivity contribution is -0.873. The van der Waals surface area contributed by atoms with Crippen molar-refractivity contribution in [3.8, 4) is 0 Å². The molecule has 0 heterocycles. The Hall–Kier alpha value is -1.20. The highest BCUT2D eigenvalue weighted by Crippen LogP contribution is 2.11. The van der Waals surface area contributed by atoms with Gasteiger partial charge in [-0.15, -0.1) is 0 Å². The minimum Gasteiger partial charge on any atom is -0.549 e. The van der Waals surface area contributed by atoms with Crippen molar-refractivity contribution in [1.29, 1.82) is 0 Å². The normalized spacial score (nSPS) is 15.0. The van der Waals surface area contributed by atoms with E-state index in [0.717, 1.165) is 19.3 Å². The lowest BCUT2D eigenvalue weighted by Gasteiger charge is -2.30.